The summed E-state index contributed by atoms with van der Waals surface area (Å²) in [5, 5.41) is 18.2. The van der Waals surface area contributed by atoms with E-state index in [0.717, 1.165) is 6.04 Å². The zero-order valence-corrected chi connectivity index (χ0v) is 22.7. The van der Waals surface area contributed by atoms with Crippen LogP contribution in [-0.4, -0.2) is 54.2 Å². The Balaban J connectivity index is 2.60. The predicted octanol–water partition coefficient (Wildman–Crippen LogP) is 5.56. The molecule has 0 aliphatic rings. The molecule has 2 aromatic rings. The standard InChI is InChI=1S/C22H31ClN4O7Si/c1-22(2,3)34-21(29)24-16-9-8-14(20(28)32-4)12-15(16)17-18(27(30)31)19(23)25-26(17)13-33-10-11-35(5,6)7/h8-9,12H,10-11,13H2,1-7H3,(H,24,29). The minimum Gasteiger partial charge on any atom is -0.465 e. The lowest BCUT2D eigenvalue weighted by atomic mass is 10.0. The van der Waals surface area contributed by atoms with Crippen LogP contribution in [0.4, 0.5) is 16.2 Å². The van der Waals surface area contributed by atoms with Gasteiger partial charge in [0.2, 0.25) is 5.15 Å². The molecule has 0 aliphatic carbocycles. The SMILES string of the molecule is COC(=O)c1ccc(NC(=O)OC(C)(C)C)c(-c2c([N+](=O)[O-])c(Cl)nn2COCC[Si](C)(C)C)c1. The number of aromatic nitrogens is 2. The van der Waals surface area contributed by atoms with Crippen LogP contribution in [0.2, 0.25) is 30.8 Å². The Morgan fingerprint density at radius 2 is 1.91 bits per heavy atom. The number of ether oxygens (including phenoxy) is 3. The van der Waals surface area contributed by atoms with Crippen molar-refractivity contribution >= 4 is 43.1 Å². The molecule has 0 atom stereocenters. The normalized spacial score (nSPS) is 11.8. The van der Waals surface area contributed by atoms with Gasteiger partial charge < -0.3 is 14.2 Å². The first-order chi connectivity index (χ1) is 16.1. The van der Waals surface area contributed by atoms with Crippen molar-refractivity contribution in [3.63, 3.8) is 0 Å². The van der Waals surface area contributed by atoms with Crippen molar-refractivity contribution in [2.75, 3.05) is 19.0 Å². The molecule has 0 unspecified atom stereocenters. The van der Waals surface area contributed by atoms with Gasteiger partial charge in [0.15, 0.2) is 5.69 Å². The number of benzene rings is 1. The summed E-state index contributed by atoms with van der Waals surface area (Å²) in [5.41, 5.74) is -0.930. The molecular weight excluding hydrogens is 496 g/mol. The number of amides is 1. The summed E-state index contributed by atoms with van der Waals surface area (Å²) in [7, 11) is -0.157. The molecule has 0 radical (unpaired) electrons. The van der Waals surface area contributed by atoms with Crippen molar-refractivity contribution < 1.29 is 28.7 Å². The largest absolute Gasteiger partial charge is 0.465 e. The predicted molar refractivity (Wildman–Crippen MR) is 135 cm³/mol. The Labute approximate surface area is 209 Å². The highest BCUT2D eigenvalue weighted by atomic mass is 35.5. The topological polar surface area (TPSA) is 135 Å². The molecule has 0 spiro atoms. The molecule has 0 fully saturated rings. The number of carbonyl (C=O) groups excluding carboxylic acids is 2. The monoisotopic (exact) mass is 526 g/mol. The van der Waals surface area contributed by atoms with Crippen LogP contribution in [0.5, 0.6) is 0 Å². The van der Waals surface area contributed by atoms with E-state index in [2.05, 4.69) is 30.1 Å². The quantitative estimate of drug-likeness (QED) is 0.147. The minimum atomic E-state index is -1.37. The van der Waals surface area contributed by atoms with E-state index in [-0.39, 0.29) is 34.4 Å². The molecule has 0 saturated heterocycles. The highest BCUT2D eigenvalue weighted by Gasteiger charge is 2.31. The molecule has 0 saturated carbocycles. The second-order valence-corrected chi connectivity index (χ2v) is 16.0. The fraction of sp³-hybridized carbons (Fsp3) is 0.500. The Kier molecular flexibility index (Phi) is 9.04. The van der Waals surface area contributed by atoms with Crippen LogP contribution >= 0.6 is 11.6 Å². The van der Waals surface area contributed by atoms with Crippen LogP contribution in [0.25, 0.3) is 11.3 Å². The summed E-state index contributed by atoms with van der Waals surface area (Å²) < 4.78 is 17.1. The van der Waals surface area contributed by atoms with Gasteiger partial charge in [0, 0.05) is 20.2 Å². The number of hydrogen-bond donors (Lipinski definition) is 1. The lowest BCUT2D eigenvalue weighted by molar-refractivity contribution is -0.384. The van der Waals surface area contributed by atoms with E-state index in [1.807, 2.05) is 0 Å². The van der Waals surface area contributed by atoms with E-state index in [9.17, 15) is 19.7 Å². The van der Waals surface area contributed by atoms with Crippen molar-refractivity contribution in [3.8, 4) is 11.3 Å². The number of nitrogens with one attached hydrogen (secondary N) is 1. The van der Waals surface area contributed by atoms with Crippen molar-refractivity contribution in [1.82, 2.24) is 9.78 Å². The number of anilines is 1. The van der Waals surface area contributed by atoms with E-state index in [0.29, 0.717) is 6.61 Å². The molecule has 1 heterocycles. The summed E-state index contributed by atoms with van der Waals surface area (Å²) >= 11 is 6.13. The first kappa shape index (κ1) is 28.3. The zero-order valence-electron chi connectivity index (χ0n) is 20.9. The van der Waals surface area contributed by atoms with Crippen LogP contribution in [-0.2, 0) is 20.9 Å². The van der Waals surface area contributed by atoms with E-state index in [1.54, 1.807) is 20.8 Å². The molecule has 0 aliphatic heterocycles. The first-order valence-electron chi connectivity index (χ1n) is 10.8. The van der Waals surface area contributed by atoms with Gasteiger partial charge in [-0.15, -0.1) is 0 Å². The zero-order chi connectivity index (χ0) is 26.6. The third kappa shape index (κ3) is 8.04. The van der Waals surface area contributed by atoms with Gasteiger partial charge >= 0.3 is 17.7 Å². The number of halogens is 1. The maximum Gasteiger partial charge on any atom is 0.412 e. The second-order valence-electron chi connectivity index (χ2n) is 9.97. The van der Waals surface area contributed by atoms with Gasteiger partial charge in [-0.05, 0) is 45.0 Å². The Hall–Kier alpha value is -2.96. The third-order valence-corrected chi connectivity index (χ3v) is 6.57. The summed E-state index contributed by atoms with van der Waals surface area (Å²) in [6, 6.07) is 5.08. The molecular formula is C22H31ClN4O7Si. The molecule has 13 heteroatoms. The smallest absolute Gasteiger partial charge is 0.412 e. The summed E-state index contributed by atoms with van der Waals surface area (Å²) in [6.45, 7) is 12.0. The average molecular weight is 527 g/mol. The van der Waals surface area contributed by atoms with E-state index in [4.69, 9.17) is 25.8 Å². The van der Waals surface area contributed by atoms with E-state index < -0.39 is 36.3 Å². The fourth-order valence-electron chi connectivity index (χ4n) is 2.98. The van der Waals surface area contributed by atoms with Gasteiger partial charge in [0.05, 0.1) is 23.3 Å². The third-order valence-electron chi connectivity index (χ3n) is 4.61. The Bertz CT molecular complexity index is 1110. The molecule has 11 nitrogen and oxygen atoms in total. The first-order valence-corrected chi connectivity index (χ1v) is 14.9. The molecule has 1 amide bonds. The van der Waals surface area contributed by atoms with Gasteiger partial charge in [0.25, 0.3) is 0 Å². The molecule has 35 heavy (non-hydrogen) atoms. The molecule has 2 rings (SSSR count). The van der Waals surface area contributed by atoms with E-state index >= 15 is 0 Å². The fourth-order valence-corrected chi connectivity index (χ4v) is 3.99. The summed E-state index contributed by atoms with van der Waals surface area (Å²) in [4.78, 5) is 35.9. The number of nitro groups is 1. The van der Waals surface area contributed by atoms with Crippen LogP contribution in [0.1, 0.15) is 31.1 Å². The highest BCUT2D eigenvalue weighted by molar-refractivity contribution is 6.76. The number of esters is 1. The Morgan fingerprint density at radius 3 is 2.46 bits per heavy atom. The highest BCUT2D eigenvalue weighted by Crippen LogP contribution is 2.40. The number of nitrogens with zero attached hydrogens (tertiary/aromatic N) is 3. The Morgan fingerprint density at radius 1 is 1.26 bits per heavy atom. The molecule has 1 aromatic carbocycles. The number of methoxy groups -OCH3 is 1. The van der Waals surface area contributed by atoms with Crippen molar-refractivity contribution in [2.45, 2.75) is 58.8 Å². The van der Waals surface area contributed by atoms with Gasteiger partial charge in [-0.25, -0.2) is 14.3 Å². The number of rotatable bonds is 9. The van der Waals surface area contributed by atoms with Crippen molar-refractivity contribution in [2.24, 2.45) is 0 Å². The summed E-state index contributed by atoms with van der Waals surface area (Å²) in [5.74, 6) is -0.665. The van der Waals surface area contributed by atoms with Crippen molar-refractivity contribution in [1.29, 1.82) is 0 Å². The lowest BCUT2D eigenvalue weighted by Crippen LogP contribution is -2.27. The van der Waals surface area contributed by atoms with Gasteiger partial charge in [-0.3, -0.25) is 15.4 Å². The number of hydrogen-bond acceptors (Lipinski definition) is 8. The van der Waals surface area contributed by atoms with Gasteiger partial charge in [-0.2, -0.15) is 5.10 Å². The maximum absolute atomic E-state index is 12.5. The molecule has 1 aromatic heterocycles. The lowest BCUT2D eigenvalue weighted by Gasteiger charge is -2.21. The van der Waals surface area contributed by atoms with Crippen LogP contribution in [0.3, 0.4) is 0 Å². The minimum absolute atomic E-state index is 0.0372. The van der Waals surface area contributed by atoms with E-state index in [1.165, 1.54) is 30.0 Å². The average Bonchev–Trinajstić information content (AvgIpc) is 3.04. The number of carbonyl (C=O) groups is 2. The van der Waals surface area contributed by atoms with Gasteiger partial charge in [0.1, 0.15) is 12.3 Å². The molecule has 1 N–H and O–H groups in total. The van der Waals surface area contributed by atoms with Gasteiger partial charge in [-0.1, -0.05) is 31.2 Å². The molecule has 192 valence electrons. The van der Waals surface area contributed by atoms with Crippen LogP contribution in [0.15, 0.2) is 18.2 Å². The molecule has 0 bridgehead atoms. The van der Waals surface area contributed by atoms with Crippen LogP contribution < -0.4 is 5.32 Å². The second kappa shape index (κ2) is 11.2. The summed E-state index contributed by atoms with van der Waals surface area (Å²) in [6.07, 6.45) is -0.782. The van der Waals surface area contributed by atoms with Crippen LogP contribution in [0, 0.1) is 10.1 Å². The van der Waals surface area contributed by atoms with Crippen molar-refractivity contribution in [3.05, 3.63) is 39.0 Å². The maximum atomic E-state index is 12.5.